The Kier molecular flexibility index (Phi) is 3.98. The second kappa shape index (κ2) is 6.65. The number of carbonyl (C=O) groups excluding carboxylic acids is 2. The van der Waals surface area contributed by atoms with E-state index in [9.17, 15) is 9.59 Å². The van der Waals surface area contributed by atoms with E-state index in [0.717, 1.165) is 33.1 Å². The summed E-state index contributed by atoms with van der Waals surface area (Å²) < 4.78 is 2.14. The van der Waals surface area contributed by atoms with Gasteiger partial charge in [0, 0.05) is 34.2 Å². The monoisotopic (exact) mass is 385 g/mol. The van der Waals surface area contributed by atoms with E-state index in [1.54, 1.807) is 6.08 Å². The molecule has 5 rings (SSSR count). The molecule has 1 saturated heterocycles. The first-order valence-corrected chi connectivity index (χ1v) is 9.66. The first kappa shape index (κ1) is 16.8. The average molecular weight is 385 g/mol. The summed E-state index contributed by atoms with van der Waals surface area (Å²) in [4.78, 5) is 28.0. The molecule has 1 amide bonds. The van der Waals surface area contributed by atoms with E-state index in [4.69, 9.17) is 4.98 Å². The summed E-state index contributed by atoms with van der Waals surface area (Å²) >= 11 is 0.690. The van der Waals surface area contributed by atoms with Gasteiger partial charge < -0.3 is 9.88 Å². The van der Waals surface area contributed by atoms with E-state index in [0.29, 0.717) is 24.0 Å². The highest BCUT2D eigenvalue weighted by Crippen LogP contribution is 2.26. The molecule has 4 aromatic rings. The van der Waals surface area contributed by atoms with Gasteiger partial charge in [0.25, 0.3) is 5.24 Å². The minimum absolute atomic E-state index is 0.248. The van der Waals surface area contributed by atoms with Gasteiger partial charge in [-0.2, -0.15) is 0 Å². The van der Waals surface area contributed by atoms with Gasteiger partial charge in [0.2, 0.25) is 5.12 Å². The Labute approximate surface area is 165 Å². The standard InChI is InChI=1S/C22H15N3O2S/c26-21-19(24-22(27)28-21)12-15-5-3-7-20-17(15)10-11-25(20)13-16-9-8-14-4-1-2-6-18(14)23-16/h1-12H,13H2,(H,24,27). The molecule has 5 nitrogen and oxygen atoms in total. The third kappa shape index (κ3) is 2.97. The van der Waals surface area contributed by atoms with Crippen molar-refractivity contribution in [1.82, 2.24) is 14.9 Å². The number of benzene rings is 2. The van der Waals surface area contributed by atoms with Crippen LogP contribution < -0.4 is 5.32 Å². The third-order valence-corrected chi connectivity index (χ3v) is 5.47. The summed E-state index contributed by atoms with van der Waals surface area (Å²) in [6, 6.07) is 20.2. The quantitative estimate of drug-likeness (QED) is 0.525. The summed E-state index contributed by atoms with van der Waals surface area (Å²) in [6.45, 7) is 0.653. The number of fused-ring (bicyclic) bond motifs is 2. The van der Waals surface area contributed by atoms with Gasteiger partial charge in [-0.3, -0.25) is 14.6 Å². The number of hydrogen-bond acceptors (Lipinski definition) is 4. The molecule has 28 heavy (non-hydrogen) atoms. The first-order valence-electron chi connectivity index (χ1n) is 8.85. The molecule has 0 spiro atoms. The molecule has 0 saturated carbocycles. The number of aromatic nitrogens is 2. The van der Waals surface area contributed by atoms with Crippen LogP contribution in [0.3, 0.4) is 0 Å². The highest BCUT2D eigenvalue weighted by atomic mass is 32.2. The number of rotatable bonds is 3. The van der Waals surface area contributed by atoms with Crippen LogP contribution in [0, 0.1) is 0 Å². The number of pyridine rings is 1. The van der Waals surface area contributed by atoms with Crippen molar-refractivity contribution >= 4 is 50.0 Å². The molecule has 0 bridgehead atoms. The Bertz CT molecular complexity index is 1290. The third-order valence-electron chi connectivity index (χ3n) is 4.78. The zero-order valence-corrected chi connectivity index (χ0v) is 15.6. The molecule has 1 fully saturated rings. The highest BCUT2D eigenvalue weighted by Gasteiger charge is 2.25. The molecular weight excluding hydrogens is 370 g/mol. The van der Waals surface area contributed by atoms with Crippen LogP contribution in [0.5, 0.6) is 0 Å². The minimum atomic E-state index is -0.330. The van der Waals surface area contributed by atoms with Gasteiger partial charge in [-0.1, -0.05) is 36.4 Å². The van der Waals surface area contributed by atoms with Gasteiger partial charge >= 0.3 is 0 Å². The molecule has 0 aliphatic carbocycles. The van der Waals surface area contributed by atoms with Crippen molar-refractivity contribution in [3.63, 3.8) is 0 Å². The van der Waals surface area contributed by atoms with Crippen molar-refractivity contribution < 1.29 is 9.59 Å². The highest BCUT2D eigenvalue weighted by molar-refractivity contribution is 8.27. The topological polar surface area (TPSA) is 64.0 Å². The normalized spacial score (nSPS) is 15.6. The van der Waals surface area contributed by atoms with Crippen molar-refractivity contribution in [3.8, 4) is 0 Å². The number of amides is 1. The number of nitrogens with one attached hydrogen (secondary N) is 1. The number of carbonyl (C=O) groups is 2. The lowest BCUT2D eigenvalue weighted by atomic mass is 10.1. The summed E-state index contributed by atoms with van der Waals surface area (Å²) in [5.74, 6) is 0. The molecule has 0 unspecified atom stereocenters. The van der Waals surface area contributed by atoms with Gasteiger partial charge in [0.15, 0.2) is 0 Å². The van der Waals surface area contributed by atoms with Crippen LogP contribution >= 0.6 is 11.8 Å². The zero-order chi connectivity index (χ0) is 19.1. The molecule has 1 N–H and O–H groups in total. The maximum absolute atomic E-state index is 11.9. The van der Waals surface area contributed by atoms with E-state index >= 15 is 0 Å². The lowest BCUT2D eigenvalue weighted by Gasteiger charge is -2.07. The molecule has 136 valence electrons. The lowest BCUT2D eigenvalue weighted by molar-refractivity contribution is -0.107. The Balaban J connectivity index is 1.52. The number of hydrogen-bond donors (Lipinski definition) is 1. The SMILES string of the molecule is O=C1NC(=Cc2cccc3c2ccn3Cc2ccc3ccccc3n2)C(=O)S1. The van der Waals surface area contributed by atoms with Crippen molar-refractivity contribution in [3.05, 3.63) is 83.8 Å². The molecule has 0 radical (unpaired) electrons. The predicted molar refractivity (Wildman–Crippen MR) is 112 cm³/mol. The minimum Gasteiger partial charge on any atom is -0.341 e. The van der Waals surface area contributed by atoms with Crippen LogP contribution in [-0.4, -0.2) is 19.9 Å². The number of thioether (sulfide) groups is 1. The molecule has 6 heteroatoms. The fourth-order valence-corrected chi connectivity index (χ4v) is 4.01. The summed E-state index contributed by atoms with van der Waals surface area (Å²) in [7, 11) is 0. The molecule has 2 aromatic carbocycles. The smallest absolute Gasteiger partial charge is 0.291 e. The van der Waals surface area contributed by atoms with Crippen molar-refractivity contribution in [2.24, 2.45) is 0 Å². The Morgan fingerprint density at radius 3 is 2.75 bits per heavy atom. The second-order valence-electron chi connectivity index (χ2n) is 6.58. The Morgan fingerprint density at radius 1 is 1.00 bits per heavy atom. The van der Waals surface area contributed by atoms with E-state index < -0.39 is 0 Å². The molecule has 3 heterocycles. The fraction of sp³-hybridized carbons (Fsp3) is 0.0455. The lowest BCUT2D eigenvalue weighted by Crippen LogP contribution is -2.10. The average Bonchev–Trinajstić information content (AvgIpc) is 3.25. The molecule has 1 aliphatic heterocycles. The van der Waals surface area contributed by atoms with Gasteiger partial charge in [0.05, 0.1) is 23.5 Å². The van der Waals surface area contributed by atoms with Crippen LogP contribution in [-0.2, 0) is 11.3 Å². The van der Waals surface area contributed by atoms with Gasteiger partial charge in [0.1, 0.15) is 0 Å². The number of nitrogens with zero attached hydrogens (tertiary/aromatic N) is 2. The molecule has 1 aliphatic rings. The predicted octanol–water partition coefficient (Wildman–Crippen LogP) is 4.56. The summed E-state index contributed by atoms with van der Waals surface area (Å²) in [5.41, 5.74) is 4.23. The zero-order valence-electron chi connectivity index (χ0n) is 14.8. The van der Waals surface area contributed by atoms with Crippen LogP contribution in [0.25, 0.3) is 27.9 Å². The van der Waals surface area contributed by atoms with E-state index in [2.05, 4.69) is 22.0 Å². The van der Waals surface area contributed by atoms with E-state index in [-0.39, 0.29) is 10.4 Å². The fourth-order valence-electron chi connectivity index (χ4n) is 3.46. The van der Waals surface area contributed by atoms with Crippen molar-refractivity contribution in [2.75, 3.05) is 0 Å². The van der Waals surface area contributed by atoms with Crippen molar-refractivity contribution in [1.29, 1.82) is 0 Å². The van der Waals surface area contributed by atoms with E-state index in [1.165, 1.54) is 0 Å². The largest absolute Gasteiger partial charge is 0.341 e. The summed E-state index contributed by atoms with van der Waals surface area (Å²) in [5, 5.41) is 4.17. The summed E-state index contributed by atoms with van der Waals surface area (Å²) in [6.07, 6.45) is 3.76. The Hall–Kier alpha value is -3.38. The Morgan fingerprint density at radius 2 is 1.89 bits per heavy atom. The van der Waals surface area contributed by atoms with Crippen LogP contribution in [0.1, 0.15) is 11.3 Å². The maximum Gasteiger partial charge on any atom is 0.291 e. The second-order valence-corrected chi connectivity index (χ2v) is 7.52. The van der Waals surface area contributed by atoms with Gasteiger partial charge in [-0.15, -0.1) is 0 Å². The first-order chi connectivity index (χ1) is 13.7. The number of para-hydroxylation sites is 1. The maximum atomic E-state index is 11.9. The van der Waals surface area contributed by atoms with Crippen LogP contribution in [0.15, 0.2) is 72.6 Å². The van der Waals surface area contributed by atoms with E-state index in [1.807, 2.05) is 54.7 Å². The molecular formula is C22H15N3O2S. The molecule has 0 atom stereocenters. The molecule has 2 aromatic heterocycles. The van der Waals surface area contributed by atoms with Crippen LogP contribution in [0.4, 0.5) is 4.79 Å². The van der Waals surface area contributed by atoms with Crippen molar-refractivity contribution in [2.45, 2.75) is 6.54 Å². The van der Waals surface area contributed by atoms with Gasteiger partial charge in [-0.25, -0.2) is 0 Å². The van der Waals surface area contributed by atoms with Gasteiger partial charge in [-0.05, 0) is 35.9 Å². The van der Waals surface area contributed by atoms with Crippen LogP contribution in [0.2, 0.25) is 0 Å².